The van der Waals surface area contributed by atoms with Gasteiger partial charge in [-0.05, 0) is 24.3 Å². The third-order valence-corrected chi connectivity index (χ3v) is 3.12. The van der Waals surface area contributed by atoms with Gasteiger partial charge in [0.15, 0.2) is 5.78 Å². The minimum absolute atomic E-state index is 0.141. The molecular formula is C13H12N4O. The Morgan fingerprint density at radius 1 is 0.667 bits per heavy atom. The second-order valence-corrected chi connectivity index (χ2v) is 4.39. The van der Waals surface area contributed by atoms with Crippen molar-refractivity contribution in [3.8, 4) is 11.1 Å². The maximum atomic E-state index is 12.3. The molecule has 0 saturated heterocycles. The van der Waals surface area contributed by atoms with Crippen LogP contribution in [-0.2, 0) is 0 Å². The SMILES string of the molecule is Nc1cc(N)c2c(c1)C(=O)c1cc(N)cc(N)c1-2. The topological polar surface area (TPSA) is 121 Å². The van der Waals surface area contributed by atoms with E-state index >= 15 is 0 Å². The zero-order valence-corrected chi connectivity index (χ0v) is 9.53. The van der Waals surface area contributed by atoms with Crippen LogP contribution in [0.25, 0.3) is 11.1 Å². The van der Waals surface area contributed by atoms with Crippen LogP contribution in [0.5, 0.6) is 0 Å². The third kappa shape index (κ3) is 1.18. The number of carbonyl (C=O) groups is 1. The highest BCUT2D eigenvalue weighted by atomic mass is 16.1. The first-order chi connectivity index (χ1) is 8.49. The fraction of sp³-hybridized carbons (Fsp3) is 0. The van der Waals surface area contributed by atoms with Crippen LogP contribution in [0.4, 0.5) is 22.7 Å². The van der Waals surface area contributed by atoms with Gasteiger partial charge in [0.25, 0.3) is 0 Å². The lowest BCUT2D eigenvalue weighted by Gasteiger charge is -2.08. The maximum absolute atomic E-state index is 12.3. The highest BCUT2D eigenvalue weighted by Crippen LogP contribution is 2.45. The average Bonchev–Trinajstić information content (AvgIpc) is 2.54. The molecule has 0 bridgehead atoms. The number of carbonyl (C=O) groups excluding carboxylic acids is 1. The van der Waals surface area contributed by atoms with Crippen molar-refractivity contribution in [1.29, 1.82) is 0 Å². The number of hydrogen-bond acceptors (Lipinski definition) is 5. The van der Waals surface area contributed by atoms with E-state index in [-0.39, 0.29) is 5.78 Å². The standard InChI is InChI=1S/C13H12N4O/c14-5-1-7-11(9(16)3-5)12-8(13(7)18)2-6(15)4-10(12)17/h1-4H,14-17H2. The lowest BCUT2D eigenvalue weighted by Crippen LogP contribution is -1.99. The molecule has 1 aliphatic rings. The van der Waals surface area contributed by atoms with E-state index in [1.54, 1.807) is 24.3 Å². The van der Waals surface area contributed by atoms with Crippen LogP contribution in [0.2, 0.25) is 0 Å². The molecule has 0 heterocycles. The summed E-state index contributed by atoms with van der Waals surface area (Å²) in [6.45, 7) is 0. The Labute approximate surface area is 103 Å². The number of fused-ring (bicyclic) bond motifs is 3. The van der Waals surface area contributed by atoms with E-state index in [1.807, 2.05) is 0 Å². The number of anilines is 4. The molecule has 5 heteroatoms. The van der Waals surface area contributed by atoms with Crippen molar-refractivity contribution < 1.29 is 4.79 Å². The Bertz CT molecular complexity index is 647. The van der Waals surface area contributed by atoms with Gasteiger partial charge in [-0.3, -0.25) is 4.79 Å². The van der Waals surface area contributed by atoms with Crippen LogP contribution >= 0.6 is 0 Å². The van der Waals surface area contributed by atoms with Gasteiger partial charge in [-0.2, -0.15) is 0 Å². The van der Waals surface area contributed by atoms with Crippen molar-refractivity contribution in [3.63, 3.8) is 0 Å². The summed E-state index contributed by atoms with van der Waals surface area (Å²) in [4.78, 5) is 12.3. The Kier molecular flexibility index (Phi) is 1.84. The zero-order valence-electron chi connectivity index (χ0n) is 9.53. The van der Waals surface area contributed by atoms with E-state index in [4.69, 9.17) is 22.9 Å². The normalized spacial score (nSPS) is 12.3. The summed E-state index contributed by atoms with van der Waals surface area (Å²) in [7, 11) is 0. The van der Waals surface area contributed by atoms with Gasteiger partial charge >= 0.3 is 0 Å². The van der Waals surface area contributed by atoms with Crippen molar-refractivity contribution in [1.82, 2.24) is 0 Å². The van der Waals surface area contributed by atoms with Gasteiger partial charge in [0.05, 0.1) is 0 Å². The number of rotatable bonds is 0. The summed E-state index contributed by atoms with van der Waals surface area (Å²) in [5.41, 5.74) is 27.4. The summed E-state index contributed by atoms with van der Waals surface area (Å²) < 4.78 is 0. The predicted molar refractivity (Wildman–Crippen MR) is 73.0 cm³/mol. The number of hydrogen-bond donors (Lipinski definition) is 4. The van der Waals surface area contributed by atoms with Crippen LogP contribution in [0, 0.1) is 0 Å². The van der Waals surface area contributed by atoms with Gasteiger partial charge in [0.2, 0.25) is 0 Å². The van der Waals surface area contributed by atoms with E-state index < -0.39 is 0 Å². The van der Waals surface area contributed by atoms with Gasteiger partial charge in [-0.25, -0.2) is 0 Å². The van der Waals surface area contributed by atoms with E-state index in [2.05, 4.69) is 0 Å². The van der Waals surface area contributed by atoms with Gasteiger partial charge in [0, 0.05) is 45.0 Å². The highest BCUT2D eigenvalue weighted by Gasteiger charge is 2.30. The maximum Gasteiger partial charge on any atom is 0.194 e. The quantitative estimate of drug-likeness (QED) is 0.440. The molecule has 0 amide bonds. The molecule has 0 aromatic heterocycles. The summed E-state index contributed by atoms with van der Waals surface area (Å²) in [6.07, 6.45) is 0. The summed E-state index contributed by atoms with van der Waals surface area (Å²) in [5.74, 6) is -0.141. The molecule has 18 heavy (non-hydrogen) atoms. The fourth-order valence-corrected chi connectivity index (χ4v) is 2.44. The molecule has 0 radical (unpaired) electrons. The lowest BCUT2D eigenvalue weighted by molar-refractivity contribution is 0.104. The molecule has 0 aliphatic heterocycles. The van der Waals surface area contributed by atoms with E-state index in [0.717, 1.165) is 0 Å². The first-order valence-electron chi connectivity index (χ1n) is 5.42. The summed E-state index contributed by atoms with van der Waals surface area (Å²) in [5, 5.41) is 0. The molecular weight excluding hydrogens is 228 g/mol. The van der Waals surface area contributed by atoms with Crippen molar-refractivity contribution in [3.05, 3.63) is 35.4 Å². The molecule has 0 unspecified atom stereocenters. The van der Waals surface area contributed by atoms with Crippen LogP contribution in [-0.4, -0.2) is 5.78 Å². The van der Waals surface area contributed by atoms with Crippen molar-refractivity contribution in [2.75, 3.05) is 22.9 Å². The first kappa shape index (κ1) is 10.5. The van der Waals surface area contributed by atoms with Crippen molar-refractivity contribution in [2.24, 2.45) is 0 Å². The Morgan fingerprint density at radius 2 is 1.06 bits per heavy atom. The molecule has 8 N–H and O–H groups in total. The van der Waals surface area contributed by atoms with Gasteiger partial charge < -0.3 is 22.9 Å². The first-order valence-corrected chi connectivity index (χ1v) is 5.42. The monoisotopic (exact) mass is 240 g/mol. The van der Waals surface area contributed by atoms with Crippen LogP contribution in [0.1, 0.15) is 15.9 Å². The van der Waals surface area contributed by atoms with Gasteiger partial charge in [-0.15, -0.1) is 0 Å². The van der Waals surface area contributed by atoms with Gasteiger partial charge in [0.1, 0.15) is 0 Å². The molecule has 0 spiro atoms. The molecule has 90 valence electrons. The molecule has 2 aromatic carbocycles. The minimum Gasteiger partial charge on any atom is -0.399 e. The number of benzene rings is 2. The molecule has 0 fully saturated rings. The van der Waals surface area contributed by atoms with Crippen LogP contribution in [0.15, 0.2) is 24.3 Å². The van der Waals surface area contributed by atoms with Crippen LogP contribution < -0.4 is 22.9 Å². The Balaban J connectivity index is 2.44. The molecule has 1 aliphatic carbocycles. The predicted octanol–water partition coefficient (Wildman–Crippen LogP) is 1.23. The number of nitrogen functional groups attached to an aromatic ring is 4. The summed E-state index contributed by atoms with van der Waals surface area (Å²) >= 11 is 0. The molecule has 5 nitrogen and oxygen atoms in total. The van der Waals surface area contributed by atoms with Crippen molar-refractivity contribution >= 4 is 28.5 Å². The third-order valence-electron chi connectivity index (χ3n) is 3.12. The van der Waals surface area contributed by atoms with E-state index in [9.17, 15) is 4.79 Å². The highest BCUT2D eigenvalue weighted by molar-refractivity contribution is 6.26. The Morgan fingerprint density at radius 3 is 1.44 bits per heavy atom. The average molecular weight is 240 g/mol. The lowest BCUT2D eigenvalue weighted by atomic mass is 10.0. The van der Waals surface area contributed by atoms with Gasteiger partial charge in [-0.1, -0.05) is 0 Å². The van der Waals surface area contributed by atoms with Crippen LogP contribution in [0.3, 0.4) is 0 Å². The number of ketones is 1. The molecule has 3 rings (SSSR count). The smallest absolute Gasteiger partial charge is 0.194 e. The second-order valence-electron chi connectivity index (χ2n) is 4.39. The second kappa shape index (κ2) is 3.16. The summed E-state index contributed by atoms with van der Waals surface area (Å²) in [6, 6.07) is 6.47. The molecule has 2 aromatic rings. The molecule has 0 saturated carbocycles. The fourth-order valence-electron chi connectivity index (χ4n) is 2.44. The zero-order chi connectivity index (χ0) is 13.0. The minimum atomic E-state index is -0.141. The largest absolute Gasteiger partial charge is 0.399 e. The molecule has 0 atom stereocenters. The van der Waals surface area contributed by atoms with Crippen molar-refractivity contribution in [2.45, 2.75) is 0 Å². The number of nitrogens with two attached hydrogens (primary N) is 4. The van der Waals surface area contributed by atoms with E-state index in [0.29, 0.717) is 45.0 Å². The van der Waals surface area contributed by atoms with E-state index in [1.165, 1.54) is 0 Å². The Hall–Kier alpha value is -2.69.